The van der Waals surface area contributed by atoms with Gasteiger partial charge in [0.2, 0.25) is 11.9 Å². The summed E-state index contributed by atoms with van der Waals surface area (Å²) in [5.41, 5.74) is 0. The maximum absolute atomic E-state index is 4.48. The van der Waals surface area contributed by atoms with E-state index in [4.69, 9.17) is 0 Å². The largest absolute Gasteiger partial charge is 0.365 e. The number of rotatable bonds is 5. The molecule has 0 saturated carbocycles. The minimum absolute atomic E-state index is 0.641. The van der Waals surface area contributed by atoms with Crippen LogP contribution in [-0.2, 0) is 0 Å². The van der Waals surface area contributed by atoms with E-state index in [9.17, 15) is 0 Å². The Bertz CT molecular complexity index is 609. The zero-order valence-corrected chi connectivity index (χ0v) is 12.3. The molecule has 2 aromatic rings. The molecule has 3 heterocycles. The van der Waals surface area contributed by atoms with Crippen LogP contribution in [0.2, 0.25) is 0 Å². The molecule has 0 bridgehead atoms. The summed E-state index contributed by atoms with van der Waals surface area (Å²) < 4.78 is 0. The highest BCUT2D eigenvalue weighted by Gasteiger charge is 2.21. The Labute approximate surface area is 128 Å². The van der Waals surface area contributed by atoms with Gasteiger partial charge in [-0.05, 0) is 6.07 Å². The molecule has 8 heteroatoms. The van der Waals surface area contributed by atoms with Crippen LogP contribution in [0.25, 0.3) is 0 Å². The third-order valence-corrected chi connectivity index (χ3v) is 3.37. The summed E-state index contributed by atoms with van der Waals surface area (Å²) in [6.07, 6.45) is 6.91. The Morgan fingerprint density at radius 3 is 2.45 bits per heavy atom. The maximum atomic E-state index is 4.48. The fourth-order valence-corrected chi connectivity index (χ4v) is 2.25. The van der Waals surface area contributed by atoms with Crippen LogP contribution in [0.3, 0.4) is 0 Å². The van der Waals surface area contributed by atoms with Gasteiger partial charge in [-0.15, -0.1) is 11.7 Å². The zero-order valence-electron chi connectivity index (χ0n) is 12.3. The van der Waals surface area contributed by atoms with Crippen LogP contribution < -0.4 is 15.1 Å². The van der Waals surface area contributed by atoms with E-state index >= 15 is 0 Å². The van der Waals surface area contributed by atoms with Crippen molar-refractivity contribution >= 4 is 17.7 Å². The first-order valence-electron chi connectivity index (χ1n) is 7.18. The molecule has 1 saturated heterocycles. The molecule has 114 valence electrons. The molecule has 0 unspecified atom stereocenters. The van der Waals surface area contributed by atoms with Gasteiger partial charge in [-0.3, -0.25) is 0 Å². The molecule has 1 aliphatic rings. The van der Waals surface area contributed by atoms with E-state index in [1.54, 1.807) is 24.7 Å². The molecule has 1 aliphatic heterocycles. The van der Waals surface area contributed by atoms with Crippen LogP contribution in [0.5, 0.6) is 0 Å². The highest BCUT2D eigenvalue weighted by Crippen LogP contribution is 2.14. The summed E-state index contributed by atoms with van der Waals surface area (Å²) in [7, 11) is 0. The quantitative estimate of drug-likeness (QED) is 0.803. The van der Waals surface area contributed by atoms with Gasteiger partial charge < -0.3 is 15.1 Å². The van der Waals surface area contributed by atoms with Gasteiger partial charge in [0.15, 0.2) is 5.82 Å². The Balaban J connectivity index is 1.62. The molecule has 22 heavy (non-hydrogen) atoms. The van der Waals surface area contributed by atoms with Gasteiger partial charge >= 0.3 is 0 Å². The minimum atomic E-state index is 0.641. The van der Waals surface area contributed by atoms with Crippen LogP contribution in [0.15, 0.2) is 37.3 Å². The molecule has 1 fully saturated rings. The van der Waals surface area contributed by atoms with Crippen molar-refractivity contribution in [3.05, 3.63) is 37.3 Å². The van der Waals surface area contributed by atoms with Gasteiger partial charge in [-0.1, -0.05) is 6.08 Å². The molecule has 3 rings (SSSR count). The molecule has 0 aromatic carbocycles. The second-order valence-electron chi connectivity index (χ2n) is 4.83. The van der Waals surface area contributed by atoms with E-state index in [1.807, 2.05) is 6.07 Å². The predicted octanol–water partition coefficient (Wildman–Crippen LogP) is 0.586. The van der Waals surface area contributed by atoms with Crippen LogP contribution in [0, 0.1) is 0 Å². The fraction of sp³-hybridized carbons (Fsp3) is 0.357. The minimum Gasteiger partial charge on any atom is -0.365 e. The normalized spacial score (nSPS) is 14.7. The van der Waals surface area contributed by atoms with Crippen LogP contribution >= 0.6 is 0 Å². The highest BCUT2D eigenvalue weighted by molar-refractivity contribution is 5.41. The molecular formula is C14H18N8. The van der Waals surface area contributed by atoms with E-state index in [0.717, 1.165) is 32.1 Å². The van der Waals surface area contributed by atoms with Crippen molar-refractivity contribution < 1.29 is 0 Å². The number of aromatic nitrogens is 5. The molecular weight excluding hydrogens is 280 g/mol. The fourth-order valence-electron chi connectivity index (χ4n) is 2.25. The van der Waals surface area contributed by atoms with Crippen molar-refractivity contribution in [3.63, 3.8) is 0 Å². The van der Waals surface area contributed by atoms with E-state index < -0.39 is 0 Å². The summed E-state index contributed by atoms with van der Waals surface area (Å²) in [6.45, 7) is 7.60. The van der Waals surface area contributed by atoms with Crippen molar-refractivity contribution in [2.75, 3.05) is 47.8 Å². The second-order valence-corrected chi connectivity index (χ2v) is 4.83. The Hall–Kier alpha value is -2.77. The molecule has 1 N–H and O–H groups in total. The lowest BCUT2D eigenvalue weighted by Gasteiger charge is -2.34. The van der Waals surface area contributed by atoms with Gasteiger partial charge in [0.05, 0.1) is 6.20 Å². The van der Waals surface area contributed by atoms with Gasteiger partial charge in [0.1, 0.15) is 0 Å². The first kappa shape index (κ1) is 14.2. The maximum Gasteiger partial charge on any atom is 0.247 e. The molecule has 0 spiro atoms. The Morgan fingerprint density at radius 1 is 1.09 bits per heavy atom. The number of piperazine rings is 1. The molecule has 0 atom stereocenters. The molecule has 2 aromatic heterocycles. The average molecular weight is 298 g/mol. The monoisotopic (exact) mass is 298 g/mol. The van der Waals surface area contributed by atoms with Crippen LogP contribution in [0.4, 0.5) is 17.7 Å². The Kier molecular flexibility index (Phi) is 4.38. The molecule has 8 nitrogen and oxygen atoms in total. The van der Waals surface area contributed by atoms with Crippen molar-refractivity contribution in [2.45, 2.75) is 0 Å². The van der Waals surface area contributed by atoms with Gasteiger partial charge in [0, 0.05) is 45.1 Å². The van der Waals surface area contributed by atoms with Gasteiger partial charge in [0.25, 0.3) is 0 Å². The van der Waals surface area contributed by atoms with Gasteiger partial charge in [-0.2, -0.15) is 10.1 Å². The van der Waals surface area contributed by atoms with E-state index in [2.05, 4.69) is 46.8 Å². The van der Waals surface area contributed by atoms with E-state index in [0.29, 0.717) is 18.3 Å². The van der Waals surface area contributed by atoms with E-state index in [1.165, 1.54) is 0 Å². The van der Waals surface area contributed by atoms with Gasteiger partial charge in [-0.25, -0.2) is 9.97 Å². The summed E-state index contributed by atoms with van der Waals surface area (Å²) in [6, 6.07) is 1.82. The smallest absolute Gasteiger partial charge is 0.247 e. The first-order valence-corrected chi connectivity index (χ1v) is 7.18. The lowest BCUT2D eigenvalue weighted by atomic mass is 10.3. The molecule has 0 radical (unpaired) electrons. The number of nitrogens with zero attached hydrogens (tertiary/aromatic N) is 7. The lowest BCUT2D eigenvalue weighted by Crippen LogP contribution is -2.47. The molecule has 0 aliphatic carbocycles. The average Bonchev–Trinajstić information content (AvgIpc) is 2.61. The van der Waals surface area contributed by atoms with Crippen LogP contribution in [-0.4, -0.2) is 57.9 Å². The van der Waals surface area contributed by atoms with Crippen molar-refractivity contribution in [1.82, 2.24) is 25.1 Å². The van der Waals surface area contributed by atoms with Crippen molar-refractivity contribution in [2.24, 2.45) is 0 Å². The summed E-state index contributed by atoms with van der Waals surface area (Å²) in [4.78, 5) is 17.3. The standard InChI is InChI=1S/C14H18N8/c1-2-4-15-12-11-18-20-14(19-12)22-9-7-21(8-10-22)13-16-5-3-6-17-13/h2-3,5-6,11H,1,4,7-10H2,(H,15,19,20). The van der Waals surface area contributed by atoms with Crippen molar-refractivity contribution in [3.8, 4) is 0 Å². The number of hydrogen-bond donors (Lipinski definition) is 1. The topological polar surface area (TPSA) is 83.0 Å². The number of hydrogen-bond acceptors (Lipinski definition) is 8. The third kappa shape index (κ3) is 3.27. The molecule has 0 amide bonds. The summed E-state index contributed by atoms with van der Waals surface area (Å²) >= 11 is 0. The summed E-state index contributed by atoms with van der Waals surface area (Å²) in [5, 5.41) is 11.2. The highest BCUT2D eigenvalue weighted by atomic mass is 15.4. The SMILES string of the molecule is C=CCNc1cnnc(N2CCN(c3ncccn3)CC2)n1. The first-order chi connectivity index (χ1) is 10.9. The summed E-state index contributed by atoms with van der Waals surface area (Å²) in [5.74, 6) is 2.11. The zero-order chi connectivity index (χ0) is 15.2. The predicted molar refractivity (Wildman–Crippen MR) is 85.0 cm³/mol. The van der Waals surface area contributed by atoms with Crippen LogP contribution in [0.1, 0.15) is 0 Å². The Morgan fingerprint density at radius 2 is 1.77 bits per heavy atom. The number of nitrogens with one attached hydrogen (secondary N) is 1. The van der Waals surface area contributed by atoms with Crippen molar-refractivity contribution in [1.29, 1.82) is 0 Å². The third-order valence-electron chi connectivity index (χ3n) is 3.37. The lowest BCUT2D eigenvalue weighted by molar-refractivity contribution is 0.624. The number of anilines is 3. The van der Waals surface area contributed by atoms with E-state index in [-0.39, 0.29) is 0 Å². The second kappa shape index (κ2) is 6.79.